The molecule has 0 aliphatic carbocycles. The lowest BCUT2D eigenvalue weighted by molar-refractivity contribution is -0.147. The molecule has 0 heterocycles. The maximum Gasteiger partial charge on any atom is 0.329 e. The first-order valence-electron chi connectivity index (χ1n) is 11.7. The van der Waals surface area contributed by atoms with E-state index in [0.29, 0.717) is 6.61 Å². The summed E-state index contributed by atoms with van der Waals surface area (Å²) in [6.45, 7) is 4.09. The van der Waals surface area contributed by atoms with Gasteiger partial charge >= 0.3 is 5.97 Å². The van der Waals surface area contributed by atoms with Gasteiger partial charge in [-0.2, -0.15) is 12.6 Å². The van der Waals surface area contributed by atoms with Crippen molar-refractivity contribution in [3.8, 4) is 0 Å². The van der Waals surface area contributed by atoms with E-state index < -0.39 is 6.04 Å². The summed E-state index contributed by atoms with van der Waals surface area (Å²) in [5, 5.41) is 2.55. The van der Waals surface area contributed by atoms with Crippen LogP contribution in [0.2, 0.25) is 0 Å². The molecule has 0 aromatic carbocycles. The molecule has 0 aliphatic rings. The van der Waals surface area contributed by atoms with E-state index in [2.05, 4.69) is 24.9 Å². The molecule has 1 atom stereocenters. The fraction of sp³-hybridized carbons (Fsp3) is 0.913. The highest BCUT2D eigenvalue weighted by Crippen LogP contribution is 2.13. The zero-order valence-corrected chi connectivity index (χ0v) is 19.4. The number of carbonyl (C=O) groups is 2. The molecular formula is C23H45NO3S. The quantitative estimate of drug-likeness (QED) is 0.141. The first kappa shape index (κ1) is 27.3. The van der Waals surface area contributed by atoms with Crippen LogP contribution >= 0.6 is 12.6 Å². The third-order valence-electron chi connectivity index (χ3n) is 5.09. The second-order valence-corrected chi connectivity index (χ2v) is 8.27. The SMILES string of the molecule is CCCCCCCCCCCCCCCCCCOC(=O)[C@H](CS)NC(C)=O. The lowest BCUT2D eigenvalue weighted by Gasteiger charge is -2.14. The molecule has 0 aliphatic heterocycles. The average Bonchev–Trinajstić information content (AvgIpc) is 2.68. The number of hydrogen-bond donors (Lipinski definition) is 2. The van der Waals surface area contributed by atoms with Gasteiger partial charge in [0, 0.05) is 12.7 Å². The summed E-state index contributed by atoms with van der Waals surface area (Å²) in [5.74, 6) is -0.359. The van der Waals surface area contributed by atoms with Gasteiger partial charge in [0.15, 0.2) is 0 Å². The minimum Gasteiger partial charge on any atom is -0.464 e. The van der Waals surface area contributed by atoms with E-state index in [0.717, 1.165) is 12.8 Å². The first-order chi connectivity index (χ1) is 13.6. The normalized spacial score (nSPS) is 12.0. The van der Waals surface area contributed by atoms with Crippen molar-refractivity contribution < 1.29 is 14.3 Å². The molecular weight excluding hydrogens is 370 g/mol. The molecule has 0 radical (unpaired) electrons. The molecule has 0 spiro atoms. The second-order valence-electron chi connectivity index (χ2n) is 7.91. The van der Waals surface area contributed by atoms with E-state index in [1.54, 1.807) is 0 Å². The molecule has 0 fully saturated rings. The predicted octanol–water partition coefficient (Wildman–Crippen LogP) is 6.23. The molecule has 0 bridgehead atoms. The van der Waals surface area contributed by atoms with Crippen molar-refractivity contribution >= 4 is 24.5 Å². The summed E-state index contributed by atoms with van der Waals surface area (Å²) in [7, 11) is 0. The van der Waals surface area contributed by atoms with Crippen LogP contribution in [0.25, 0.3) is 0 Å². The smallest absolute Gasteiger partial charge is 0.329 e. The van der Waals surface area contributed by atoms with Crippen molar-refractivity contribution in [1.29, 1.82) is 0 Å². The van der Waals surface area contributed by atoms with E-state index in [9.17, 15) is 9.59 Å². The standard InChI is InChI=1S/C23H45NO3S/c1-3-4-5-6-7-8-9-10-11-12-13-14-15-16-17-18-19-27-23(26)22(20-28)24-21(2)25/h22,28H,3-20H2,1-2H3,(H,24,25)/t22-/m0/s1. The molecule has 1 N–H and O–H groups in total. The lowest BCUT2D eigenvalue weighted by Crippen LogP contribution is -2.42. The number of amides is 1. The minimum absolute atomic E-state index is 0.238. The largest absolute Gasteiger partial charge is 0.464 e. The van der Waals surface area contributed by atoms with Crippen LogP contribution in [0.5, 0.6) is 0 Å². The molecule has 28 heavy (non-hydrogen) atoms. The van der Waals surface area contributed by atoms with Gasteiger partial charge in [-0.3, -0.25) is 4.79 Å². The average molecular weight is 416 g/mol. The third-order valence-corrected chi connectivity index (χ3v) is 5.45. The van der Waals surface area contributed by atoms with Gasteiger partial charge in [-0.1, -0.05) is 103 Å². The third kappa shape index (κ3) is 18.6. The molecule has 1 amide bonds. The summed E-state index contributed by atoms with van der Waals surface area (Å²) in [5.41, 5.74) is 0. The van der Waals surface area contributed by atoms with Gasteiger partial charge in [0.05, 0.1) is 6.61 Å². The van der Waals surface area contributed by atoms with Crippen LogP contribution in [-0.2, 0) is 14.3 Å². The Morgan fingerprint density at radius 2 is 1.14 bits per heavy atom. The number of thiol groups is 1. The Morgan fingerprint density at radius 3 is 1.50 bits per heavy atom. The molecule has 5 heteroatoms. The highest BCUT2D eigenvalue weighted by atomic mass is 32.1. The summed E-state index contributed by atoms with van der Waals surface area (Å²) < 4.78 is 5.21. The van der Waals surface area contributed by atoms with Gasteiger partial charge in [0.1, 0.15) is 6.04 Å². The minimum atomic E-state index is -0.637. The molecule has 0 saturated heterocycles. The highest BCUT2D eigenvalue weighted by Gasteiger charge is 2.18. The van der Waals surface area contributed by atoms with Crippen molar-refractivity contribution in [2.45, 2.75) is 123 Å². The van der Waals surface area contributed by atoms with Gasteiger partial charge < -0.3 is 10.1 Å². The monoisotopic (exact) mass is 415 g/mol. The van der Waals surface area contributed by atoms with Crippen molar-refractivity contribution in [1.82, 2.24) is 5.32 Å². The number of ether oxygens (including phenoxy) is 1. The van der Waals surface area contributed by atoms with E-state index in [1.807, 2.05) is 0 Å². The Hall–Kier alpha value is -0.710. The summed E-state index contributed by atoms with van der Waals surface area (Å²) in [6.07, 6.45) is 21.2. The van der Waals surface area contributed by atoms with E-state index in [-0.39, 0.29) is 17.6 Å². The number of unbranched alkanes of at least 4 members (excludes halogenated alkanes) is 15. The van der Waals surface area contributed by atoms with Crippen molar-refractivity contribution in [2.75, 3.05) is 12.4 Å². The number of rotatable bonds is 20. The fourth-order valence-electron chi connectivity index (χ4n) is 3.35. The second kappa shape index (κ2) is 21.0. The van der Waals surface area contributed by atoms with Crippen LogP contribution in [0.3, 0.4) is 0 Å². The van der Waals surface area contributed by atoms with Gasteiger partial charge in [-0.05, 0) is 6.42 Å². The fourth-order valence-corrected chi connectivity index (χ4v) is 3.59. The number of hydrogen-bond acceptors (Lipinski definition) is 4. The van der Waals surface area contributed by atoms with E-state index in [4.69, 9.17) is 4.74 Å². The molecule has 0 saturated carbocycles. The molecule has 0 aromatic rings. The van der Waals surface area contributed by atoms with Gasteiger partial charge in [-0.15, -0.1) is 0 Å². The summed E-state index contributed by atoms with van der Waals surface area (Å²) >= 11 is 4.07. The molecule has 0 unspecified atom stereocenters. The Labute approximate surface area is 179 Å². The Kier molecular flexibility index (Phi) is 20.5. The van der Waals surface area contributed by atoms with Crippen LogP contribution in [0, 0.1) is 0 Å². The van der Waals surface area contributed by atoms with E-state index in [1.165, 1.54) is 96.8 Å². The Bertz CT molecular complexity index is 377. The molecule has 166 valence electrons. The Morgan fingerprint density at radius 1 is 0.750 bits per heavy atom. The topological polar surface area (TPSA) is 55.4 Å². The van der Waals surface area contributed by atoms with Gasteiger partial charge in [0.25, 0.3) is 0 Å². The number of carbonyl (C=O) groups excluding carboxylic acids is 2. The van der Waals surface area contributed by atoms with Crippen molar-refractivity contribution in [3.05, 3.63) is 0 Å². The van der Waals surface area contributed by atoms with E-state index >= 15 is 0 Å². The zero-order valence-electron chi connectivity index (χ0n) is 18.5. The molecule has 0 aromatic heterocycles. The van der Waals surface area contributed by atoms with Gasteiger partial charge in [-0.25, -0.2) is 4.79 Å². The van der Waals surface area contributed by atoms with Crippen molar-refractivity contribution in [2.24, 2.45) is 0 Å². The number of esters is 1. The first-order valence-corrected chi connectivity index (χ1v) is 12.3. The summed E-state index contributed by atoms with van der Waals surface area (Å²) in [4.78, 5) is 22.8. The maximum atomic E-state index is 11.8. The van der Waals surface area contributed by atoms with Crippen LogP contribution in [0.1, 0.15) is 117 Å². The number of nitrogens with one attached hydrogen (secondary N) is 1. The highest BCUT2D eigenvalue weighted by molar-refractivity contribution is 7.80. The Balaban J connectivity index is 3.27. The van der Waals surface area contributed by atoms with Gasteiger partial charge in [0.2, 0.25) is 5.91 Å². The maximum absolute atomic E-state index is 11.8. The van der Waals surface area contributed by atoms with Crippen LogP contribution in [-0.4, -0.2) is 30.3 Å². The van der Waals surface area contributed by atoms with Crippen LogP contribution in [0.4, 0.5) is 0 Å². The molecule has 4 nitrogen and oxygen atoms in total. The van der Waals surface area contributed by atoms with Crippen LogP contribution < -0.4 is 5.32 Å². The summed E-state index contributed by atoms with van der Waals surface area (Å²) in [6, 6.07) is -0.637. The van der Waals surface area contributed by atoms with Crippen molar-refractivity contribution in [3.63, 3.8) is 0 Å². The molecule has 0 rings (SSSR count). The predicted molar refractivity (Wildman–Crippen MR) is 122 cm³/mol. The zero-order chi connectivity index (χ0) is 20.9. The van der Waals surface area contributed by atoms with Crippen LogP contribution in [0.15, 0.2) is 0 Å². The lowest BCUT2D eigenvalue weighted by atomic mass is 10.0.